The monoisotopic (exact) mass is 291 g/mol. The Morgan fingerprint density at radius 3 is 2.50 bits per heavy atom. The molecule has 0 spiro atoms. The van der Waals surface area contributed by atoms with Gasteiger partial charge in [-0.3, -0.25) is 0 Å². The van der Waals surface area contributed by atoms with Gasteiger partial charge in [0.15, 0.2) is 6.20 Å². The third kappa shape index (κ3) is 2.74. The molecular weight excluding hydrogens is 268 g/mol. The van der Waals surface area contributed by atoms with Gasteiger partial charge in [-0.2, -0.15) is 4.57 Å². The van der Waals surface area contributed by atoms with Crippen LogP contribution >= 0.6 is 0 Å². The minimum atomic E-state index is 0.146. The molecule has 22 heavy (non-hydrogen) atoms. The number of fused-ring (bicyclic) bond motifs is 1. The van der Waals surface area contributed by atoms with Crippen molar-refractivity contribution in [2.24, 2.45) is 0 Å². The summed E-state index contributed by atoms with van der Waals surface area (Å²) in [6.07, 6.45) is 2.16. The van der Waals surface area contributed by atoms with Gasteiger partial charge in [0, 0.05) is 11.6 Å². The van der Waals surface area contributed by atoms with Crippen LogP contribution in [0.3, 0.4) is 0 Å². The Kier molecular flexibility index (Phi) is 3.69. The van der Waals surface area contributed by atoms with Crippen LogP contribution in [0, 0.1) is 0 Å². The van der Waals surface area contributed by atoms with E-state index in [2.05, 4.69) is 80.9 Å². The van der Waals surface area contributed by atoms with Gasteiger partial charge >= 0.3 is 0 Å². The molecule has 2 nitrogen and oxygen atoms in total. The molecule has 1 heterocycles. The number of hydrogen-bond donors (Lipinski definition) is 0. The van der Waals surface area contributed by atoms with Crippen LogP contribution in [0.4, 0.5) is 0 Å². The number of hydrogen-bond acceptors (Lipinski definition) is 1. The fraction of sp³-hybridized carbons (Fsp3) is 0.300. The molecule has 0 N–H and O–H groups in total. The van der Waals surface area contributed by atoms with Gasteiger partial charge in [-0.25, -0.2) is 4.98 Å². The molecule has 0 aliphatic heterocycles. The molecule has 3 rings (SSSR count). The second kappa shape index (κ2) is 5.53. The van der Waals surface area contributed by atoms with Crippen LogP contribution < -0.4 is 4.57 Å². The van der Waals surface area contributed by atoms with E-state index < -0.39 is 0 Å². The quantitative estimate of drug-likeness (QED) is 0.635. The lowest BCUT2D eigenvalue weighted by Gasteiger charge is -2.19. The van der Waals surface area contributed by atoms with Gasteiger partial charge in [0.2, 0.25) is 5.52 Å². The van der Waals surface area contributed by atoms with Crippen molar-refractivity contribution >= 4 is 11.0 Å². The number of aryl methyl sites for hydroxylation is 1. The van der Waals surface area contributed by atoms with E-state index in [-0.39, 0.29) is 5.41 Å². The highest BCUT2D eigenvalue weighted by atomic mass is 15.0. The lowest BCUT2D eigenvalue weighted by molar-refractivity contribution is -0.667. The lowest BCUT2D eigenvalue weighted by atomic mass is 9.86. The molecule has 0 bridgehead atoms. The Bertz CT molecular complexity index is 813. The summed E-state index contributed by atoms with van der Waals surface area (Å²) in [5.74, 6) is 0. The number of nitrogens with zero attached hydrogens (tertiary/aromatic N) is 2. The van der Waals surface area contributed by atoms with E-state index in [9.17, 15) is 0 Å². The smallest absolute Gasteiger partial charge is 0.231 e. The maximum Gasteiger partial charge on any atom is 0.231 e. The van der Waals surface area contributed by atoms with Gasteiger partial charge < -0.3 is 0 Å². The normalized spacial score (nSPS) is 11.8. The zero-order chi connectivity index (χ0) is 15.7. The molecule has 0 atom stereocenters. The van der Waals surface area contributed by atoms with E-state index in [0.29, 0.717) is 0 Å². The third-order valence-electron chi connectivity index (χ3n) is 4.08. The van der Waals surface area contributed by atoms with Gasteiger partial charge in [0.05, 0.1) is 0 Å². The van der Waals surface area contributed by atoms with E-state index in [1.165, 1.54) is 16.6 Å². The summed E-state index contributed by atoms with van der Waals surface area (Å²) in [5, 5.41) is 0. The predicted octanol–water partition coefficient (Wildman–Crippen LogP) is 4.51. The zero-order valence-electron chi connectivity index (χ0n) is 13.8. The molecule has 0 aliphatic carbocycles. The van der Waals surface area contributed by atoms with Crippen LogP contribution in [0.5, 0.6) is 0 Å². The van der Waals surface area contributed by atoms with Crippen molar-refractivity contribution in [3.8, 4) is 11.3 Å². The zero-order valence-corrected chi connectivity index (χ0v) is 13.8. The molecule has 112 valence electrons. The molecule has 0 aliphatic rings. The predicted molar refractivity (Wildman–Crippen MR) is 91.7 cm³/mol. The first kappa shape index (κ1) is 14.7. The van der Waals surface area contributed by atoms with E-state index >= 15 is 0 Å². The van der Waals surface area contributed by atoms with Crippen molar-refractivity contribution in [2.45, 2.75) is 39.7 Å². The van der Waals surface area contributed by atoms with Crippen LogP contribution in [0.25, 0.3) is 22.3 Å². The minimum Gasteiger partial charge on any atom is -0.235 e. The summed E-state index contributed by atoms with van der Waals surface area (Å²) >= 11 is 0. The number of rotatable bonds is 2. The fourth-order valence-electron chi connectivity index (χ4n) is 2.72. The summed E-state index contributed by atoms with van der Waals surface area (Å²) in [6.45, 7) is 9.83. The summed E-state index contributed by atoms with van der Waals surface area (Å²) in [6, 6.07) is 17.0. The highest BCUT2D eigenvalue weighted by Gasteiger charge is 2.16. The number of benzene rings is 2. The Hall–Kier alpha value is -2.22. The molecule has 0 saturated carbocycles. The third-order valence-corrected chi connectivity index (χ3v) is 4.08. The number of para-hydroxylation sites is 2. The van der Waals surface area contributed by atoms with Crippen LogP contribution in [-0.4, -0.2) is 4.98 Å². The molecule has 2 heteroatoms. The van der Waals surface area contributed by atoms with Crippen molar-refractivity contribution in [1.29, 1.82) is 0 Å². The summed E-state index contributed by atoms with van der Waals surface area (Å²) < 4.78 is 2.27. The Morgan fingerprint density at radius 1 is 1.00 bits per heavy atom. The standard InChI is InChI=1S/C20H23N2/c1-5-22-14-18(21-17-11-6-7-12-19(17)22)15-9-8-10-16(13-15)20(2,3)4/h6-14H,5H2,1-4H3/q+1. The van der Waals surface area contributed by atoms with Crippen LogP contribution in [0.1, 0.15) is 33.3 Å². The molecule has 2 aromatic carbocycles. The van der Waals surface area contributed by atoms with Crippen LogP contribution in [0.2, 0.25) is 0 Å². The van der Waals surface area contributed by atoms with Gasteiger partial charge in [-0.1, -0.05) is 51.1 Å². The summed E-state index contributed by atoms with van der Waals surface area (Å²) in [5.41, 5.74) is 5.92. The minimum absolute atomic E-state index is 0.146. The van der Waals surface area contributed by atoms with Crippen molar-refractivity contribution in [1.82, 2.24) is 4.98 Å². The first-order valence-corrected chi connectivity index (χ1v) is 7.89. The molecule has 0 radical (unpaired) electrons. The second-order valence-electron chi connectivity index (χ2n) is 6.73. The van der Waals surface area contributed by atoms with E-state index in [1.54, 1.807) is 0 Å². The molecule has 0 amide bonds. The summed E-state index contributed by atoms with van der Waals surface area (Å²) in [4.78, 5) is 4.86. The van der Waals surface area contributed by atoms with Crippen LogP contribution in [0.15, 0.2) is 54.7 Å². The Labute approximate surface area is 132 Å². The van der Waals surface area contributed by atoms with E-state index in [4.69, 9.17) is 4.98 Å². The fourth-order valence-corrected chi connectivity index (χ4v) is 2.72. The highest BCUT2D eigenvalue weighted by Crippen LogP contribution is 2.26. The lowest BCUT2D eigenvalue weighted by Crippen LogP contribution is -2.33. The van der Waals surface area contributed by atoms with Crippen molar-refractivity contribution in [2.75, 3.05) is 0 Å². The Morgan fingerprint density at radius 2 is 1.77 bits per heavy atom. The highest BCUT2D eigenvalue weighted by molar-refractivity contribution is 5.74. The molecule has 0 saturated heterocycles. The van der Waals surface area contributed by atoms with E-state index in [0.717, 1.165) is 17.8 Å². The van der Waals surface area contributed by atoms with Gasteiger partial charge in [0.25, 0.3) is 0 Å². The summed E-state index contributed by atoms with van der Waals surface area (Å²) in [7, 11) is 0. The van der Waals surface area contributed by atoms with Crippen LogP contribution in [-0.2, 0) is 12.0 Å². The molecule has 1 aromatic heterocycles. The second-order valence-corrected chi connectivity index (χ2v) is 6.73. The molecule has 0 unspecified atom stereocenters. The van der Waals surface area contributed by atoms with Gasteiger partial charge in [-0.05, 0) is 30.0 Å². The topological polar surface area (TPSA) is 16.8 Å². The van der Waals surface area contributed by atoms with Crippen molar-refractivity contribution < 1.29 is 4.57 Å². The Balaban J connectivity index is 2.18. The number of aromatic nitrogens is 2. The van der Waals surface area contributed by atoms with E-state index in [1.807, 2.05) is 6.07 Å². The maximum absolute atomic E-state index is 4.86. The average Bonchev–Trinajstić information content (AvgIpc) is 2.53. The SMILES string of the molecule is CC[n+]1cc(-c2cccc(C(C)(C)C)c2)nc2ccccc21. The molecule has 0 fully saturated rings. The van der Waals surface area contributed by atoms with Crippen molar-refractivity contribution in [3.05, 3.63) is 60.3 Å². The average molecular weight is 291 g/mol. The molecular formula is C20H23N2+. The van der Waals surface area contributed by atoms with Crippen molar-refractivity contribution in [3.63, 3.8) is 0 Å². The largest absolute Gasteiger partial charge is 0.235 e. The maximum atomic E-state index is 4.86. The van der Waals surface area contributed by atoms with Gasteiger partial charge in [-0.15, -0.1) is 0 Å². The van der Waals surface area contributed by atoms with Gasteiger partial charge in [0.1, 0.15) is 17.8 Å². The first-order valence-electron chi connectivity index (χ1n) is 7.89. The first-order chi connectivity index (χ1) is 10.5. The molecule has 3 aromatic rings.